The van der Waals surface area contributed by atoms with Gasteiger partial charge in [0.2, 0.25) is 0 Å². The third-order valence-corrected chi connectivity index (χ3v) is 3.83. The summed E-state index contributed by atoms with van der Waals surface area (Å²) in [5.74, 6) is 1.80. The number of hydrogen-bond donors (Lipinski definition) is 1. The second-order valence-electron chi connectivity index (χ2n) is 5.52. The number of aryl methyl sites for hydroxylation is 1. The molecule has 2 heterocycles. The molecule has 1 aromatic heterocycles. The van der Waals surface area contributed by atoms with Gasteiger partial charge < -0.3 is 9.52 Å². The van der Waals surface area contributed by atoms with E-state index in [2.05, 4.69) is 18.7 Å². The Hall–Kier alpha value is -1.29. The Morgan fingerprint density at radius 2 is 2.33 bits per heavy atom. The summed E-state index contributed by atoms with van der Waals surface area (Å²) >= 11 is 0. The molecule has 18 heavy (non-hydrogen) atoms. The molecule has 1 saturated heterocycles. The number of nitrogens with zero attached hydrogens (tertiary/aromatic N) is 1. The molecule has 1 unspecified atom stereocenters. The number of carbonyl (C=O) groups is 1. The summed E-state index contributed by atoms with van der Waals surface area (Å²) < 4.78 is 5.51. The van der Waals surface area contributed by atoms with Crippen LogP contribution in [0.15, 0.2) is 10.5 Å². The minimum atomic E-state index is -0.913. The van der Waals surface area contributed by atoms with E-state index in [4.69, 9.17) is 9.52 Å². The molecular formula is C14H21NO3. The molecule has 1 fully saturated rings. The van der Waals surface area contributed by atoms with Gasteiger partial charge >= 0.3 is 5.97 Å². The van der Waals surface area contributed by atoms with Crippen molar-refractivity contribution in [1.82, 2.24) is 4.90 Å². The van der Waals surface area contributed by atoms with Crippen LogP contribution in [0.1, 0.15) is 42.1 Å². The second kappa shape index (κ2) is 5.14. The molecule has 1 aliphatic rings. The zero-order valence-corrected chi connectivity index (χ0v) is 11.3. The van der Waals surface area contributed by atoms with Gasteiger partial charge in [0.15, 0.2) is 0 Å². The fourth-order valence-corrected chi connectivity index (χ4v) is 2.60. The number of hydrogen-bond acceptors (Lipinski definition) is 3. The van der Waals surface area contributed by atoms with E-state index in [-0.39, 0.29) is 5.56 Å². The molecule has 1 N–H and O–H groups in total. The second-order valence-corrected chi connectivity index (χ2v) is 5.52. The number of carboxylic acid groups (broad SMARTS) is 1. The number of likely N-dealkylation sites (tertiary alicyclic amines) is 1. The molecule has 1 atom stereocenters. The summed E-state index contributed by atoms with van der Waals surface area (Å²) in [7, 11) is 0. The van der Waals surface area contributed by atoms with Crippen molar-refractivity contribution in [3.8, 4) is 0 Å². The summed E-state index contributed by atoms with van der Waals surface area (Å²) in [6.07, 6.45) is 1.23. The summed E-state index contributed by atoms with van der Waals surface area (Å²) in [6.45, 7) is 9.09. The molecule has 100 valence electrons. The van der Waals surface area contributed by atoms with Crippen LogP contribution in [-0.4, -0.2) is 29.1 Å². The van der Waals surface area contributed by atoms with E-state index >= 15 is 0 Å². The third kappa shape index (κ3) is 2.75. The third-order valence-electron chi connectivity index (χ3n) is 3.83. The van der Waals surface area contributed by atoms with Gasteiger partial charge in [-0.2, -0.15) is 0 Å². The quantitative estimate of drug-likeness (QED) is 0.894. The van der Waals surface area contributed by atoms with Crippen LogP contribution in [0, 0.1) is 18.8 Å². The first-order valence-corrected chi connectivity index (χ1v) is 6.52. The van der Waals surface area contributed by atoms with Crippen LogP contribution < -0.4 is 0 Å². The fraction of sp³-hybridized carbons (Fsp3) is 0.643. The lowest BCUT2D eigenvalue weighted by Gasteiger charge is -2.16. The van der Waals surface area contributed by atoms with Gasteiger partial charge in [-0.15, -0.1) is 0 Å². The van der Waals surface area contributed by atoms with Gasteiger partial charge in [-0.05, 0) is 37.8 Å². The van der Waals surface area contributed by atoms with Gasteiger partial charge in [0.1, 0.15) is 17.1 Å². The highest BCUT2D eigenvalue weighted by Crippen LogP contribution is 2.25. The Balaban J connectivity index is 1.99. The van der Waals surface area contributed by atoms with E-state index in [1.54, 1.807) is 13.0 Å². The summed E-state index contributed by atoms with van der Waals surface area (Å²) in [4.78, 5) is 13.3. The lowest BCUT2D eigenvalue weighted by atomic mass is 9.95. The van der Waals surface area contributed by atoms with Crippen molar-refractivity contribution < 1.29 is 14.3 Å². The highest BCUT2D eigenvalue weighted by atomic mass is 16.4. The van der Waals surface area contributed by atoms with Crippen LogP contribution in [0.4, 0.5) is 0 Å². The maximum absolute atomic E-state index is 10.9. The summed E-state index contributed by atoms with van der Waals surface area (Å²) in [5.41, 5.74) is 0.282. The van der Waals surface area contributed by atoms with Crippen LogP contribution in [0.25, 0.3) is 0 Å². The molecule has 0 aromatic carbocycles. The van der Waals surface area contributed by atoms with Crippen molar-refractivity contribution in [2.45, 2.75) is 33.7 Å². The maximum Gasteiger partial charge on any atom is 0.339 e. The van der Waals surface area contributed by atoms with Gasteiger partial charge in [0, 0.05) is 6.54 Å². The lowest BCUT2D eigenvalue weighted by molar-refractivity contribution is 0.0695. The predicted molar refractivity (Wildman–Crippen MR) is 68.6 cm³/mol. The highest BCUT2D eigenvalue weighted by Gasteiger charge is 2.26. The van der Waals surface area contributed by atoms with Crippen molar-refractivity contribution in [2.24, 2.45) is 11.8 Å². The van der Waals surface area contributed by atoms with Gasteiger partial charge in [-0.1, -0.05) is 13.8 Å². The Morgan fingerprint density at radius 1 is 1.61 bits per heavy atom. The number of carboxylic acids is 1. The van der Waals surface area contributed by atoms with E-state index in [1.807, 2.05) is 0 Å². The molecule has 2 rings (SSSR count). The molecule has 1 aromatic rings. The van der Waals surface area contributed by atoms with Crippen LogP contribution >= 0.6 is 0 Å². The molecular weight excluding hydrogens is 230 g/mol. The average Bonchev–Trinajstić information content (AvgIpc) is 2.86. The molecule has 4 nitrogen and oxygen atoms in total. The minimum Gasteiger partial charge on any atom is -0.478 e. The van der Waals surface area contributed by atoms with E-state index in [1.165, 1.54) is 6.42 Å². The van der Waals surface area contributed by atoms with Crippen molar-refractivity contribution in [3.63, 3.8) is 0 Å². The normalized spacial score (nSPS) is 20.8. The smallest absolute Gasteiger partial charge is 0.339 e. The first-order valence-electron chi connectivity index (χ1n) is 6.52. The van der Waals surface area contributed by atoms with Crippen LogP contribution in [-0.2, 0) is 6.54 Å². The Morgan fingerprint density at radius 3 is 2.83 bits per heavy atom. The molecule has 0 saturated carbocycles. The Labute approximate surface area is 108 Å². The van der Waals surface area contributed by atoms with Crippen molar-refractivity contribution >= 4 is 5.97 Å². The zero-order valence-electron chi connectivity index (χ0n) is 11.3. The van der Waals surface area contributed by atoms with E-state index in [9.17, 15) is 4.79 Å². The topological polar surface area (TPSA) is 53.7 Å². The Bertz CT molecular complexity index is 436. The Kier molecular flexibility index (Phi) is 3.76. The fourth-order valence-electron chi connectivity index (χ4n) is 2.60. The molecule has 0 bridgehead atoms. The van der Waals surface area contributed by atoms with Crippen molar-refractivity contribution in [2.75, 3.05) is 13.1 Å². The molecule has 0 spiro atoms. The van der Waals surface area contributed by atoms with Crippen LogP contribution in [0.3, 0.4) is 0 Å². The highest BCUT2D eigenvalue weighted by molar-refractivity contribution is 5.88. The first-order chi connectivity index (χ1) is 8.47. The number of furan rings is 1. The van der Waals surface area contributed by atoms with E-state index < -0.39 is 5.97 Å². The van der Waals surface area contributed by atoms with Crippen molar-refractivity contribution in [1.29, 1.82) is 0 Å². The standard InChI is InChI=1S/C14H21NO3/c1-9(2)11-4-5-15(7-11)8-12-6-13(14(16)17)10(3)18-12/h6,9,11H,4-5,7-8H2,1-3H3,(H,16,17). The van der Waals surface area contributed by atoms with Crippen LogP contribution in [0.5, 0.6) is 0 Å². The molecule has 0 aliphatic carbocycles. The van der Waals surface area contributed by atoms with Crippen molar-refractivity contribution in [3.05, 3.63) is 23.2 Å². The SMILES string of the molecule is Cc1oc(CN2CCC(C(C)C)C2)cc1C(=O)O. The van der Waals surface area contributed by atoms with E-state index in [0.29, 0.717) is 11.7 Å². The first kappa shape index (κ1) is 13.1. The number of rotatable bonds is 4. The lowest BCUT2D eigenvalue weighted by Crippen LogP contribution is -2.21. The zero-order chi connectivity index (χ0) is 13.3. The molecule has 4 heteroatoms. The largest absolute Gasteiger partial charge is 0.478 e. The predicted octanol–water partition coefficient (Wildman–Crippen LogP) is 2.76. The summed E-state index contributed by atoms with van der Waals surface area (Å²) in [6, 6.07) is 1.65. The van der Waals surface area contributed by atoms with Gasteiger partial charge in [-0.25, -0.2) is 4.79 Å². The van der Waals surface area contributed by atoms with E-state index in [0.717, 1.165) is 31.3 Å². The van der Waals surface area contributed by atoms with Gasteiger partial charge in [-0.3, -0.25) is 4.90 Å². The van der Waals surface area contributed by atoms with Gasteiger partial charge in [0.25, 0.3) is 0 Å². The number of aromatic carboxylic acids is 1. The maximum atomic E-state index is 10.9. The summed E-state index contributed by atoms with van der Waals surface area (Å²) in [5, 5.41) is 8.98. The molecule has 0 amide bonds. The minimum absolute atomic E-state index is 0.282. The van der Waals surface area contributed by atoms with Gasteiger partial charge in [0.05, 0.1) is 6.54 Å². The molecule has 1 aliphatic heterocycles. The monoisotopic (exact) mass is 251 g/mol. The average molecular weight is 251 g/mol. The molecule has 0 radical (unpaired) electrons. The van der Waals surface area contributed by atoms with Crippen LogP contribution in [0.2, 0.25) is 0 Å².